The molecular weight excluding hydrogens is 219 g/mol. The zero-order valence-corrected chi connectivity index (χ0v) is 8.81. The molecule has 2 rings (SSSR count). The second-order valence-electron chi connectivity index (χ2n) is 3.41. The summed E-state index contributed by atoms with van der Waals surface area (Å²) in [6, 6.07) is 9.40. The van der Waals surface area contributed by atoms with Crippen molar-refractivity contribution in [3.63, 3.8) is 0 Å². The number of anilines is 3. The Labute approximate surface area is 97.5 Å². The number of aromatic nitrogens is 1. The Kier molecular flexibility index (Phi) is 2.88. The van der Waals surface area contributed by atoms with Gasteiger partial charge in [0.2, 0.25) is 0 Å². The van der Waals surface area contributed by atoms with Crippen molar-refractivity contribution in [3.8, 4) is 6.07 Å². The average molecular weight is 228 g/mol. The Morgan fingerprint density at radius 2 is 2.18 bits per heavy atom. The van der Waals surface area contributed by atoms with E-state index in [2.05, 4.69) is 10.3 Å². The summed E-state index contributed by atoms with van der Waals surface area (Å²) in [5, 5.41) is 11.5. The van der Waals surface area contributed by atoms with Gasteiger partial charge in [-0.05, 0) is 24.3 Å². The summed E-state index contributed by atoms with van der Waals surface area (Å²) in [6.07, 6.45) is 1.40. The van der Waals surface area contributed by atoms with E-state index in [9.17, 15) is 4.39 Å². The van der Waals surface area contributed by atoms with Gasteiger partial charge in [-0.2, -0.15) is 5.26 Å². The van der Waals surface area contributed by atoms with Crippen LogP contribution in [-0.4, -0.2) is 4.98 Å². The minimum atomic E-state index is -0.345. The van der Waals surface area contributed by atoms with E-state index in [4.69, 9.17) is 11.0 Å². The fourth-order valence-corrected chi connectivity index (χ4v) is 1.35. The summed E-state index contributed by atoms with van der Waals surface area (Å²) in [7, 11) is 0. The van der Waals surface area contributed by atoms with Gasteiger partial charge in [-0.3, -0.25) is 0 Å². The highest BCUT2D eigenvalue weighted by molar-refractivity contribution is 5.69. The lowest BCUT2D eigenvalue weighted by Crippen LogP contribution is -1.99. The van der Waals surface area contributed by atoms with E-state index in [1.54, 1.807) is 12.1 Å². The van der Waals surface area contributed by atoms with Crippen molar-refractivity contribution in [1.29, 1.82) is 5.26 Å². The van der Waals surface area contributed by atoms with Crippen LogP contribution >= 0.6 is 0 Å². The van der Waals surface area contributed by atoms with Gasteiger partial charge in [-0.1, -0.05) is 6.07 Å². The third-order valence-electron chi connectivity index (χ3n) is 2.13. The molecule has 4 nitrogen and oxygen atoms in total. The minimum Gasteiger partial charge on any atom is -0.396 e. The van der Waals surface area contributed by atoms with Gasteiger partial charge < -0.3 is 11.1 Å². The van der Waals surface area contributed by atoms with Crippen molar-refractivity contribution in [2.75, 3.05) is 11.1 Å². The molecule has 0 bridgehead atoms. The number of halogens is 1. The number of nitrogens with two attached hydrogens (primary N) is 1. The number of nitrogen functional groups attached to an aromatic ring is 1. The summed E-state index contributed by atoms with van der Waals surface area (Å²) < 4.78 is 13.0. The van der Waals surface area contributed by atoms with Crippen LogP contribution in [0, 0.1) is 17.1 Å². The molecule has 1 heterocycles. The standard InChI is InChI=1S/C12H9FN4/c13-9-2-1-3-10(5-9)17-12-11(15)4-8(6-14)7-16-12/h1-5,7H,15H2,(H,16,17). The van der Waals surface area contributed by atoms with Crippen molar-refractivity contribution in [1.82, 2.24) is 4.98 Å². The zero-order valence-electron chi connectivity index (χ0n) is 8.81. The van der Waals surface area contributed by atoms with Gasteiger partial charge in [0.05, 0.1) is 11.3 Å². The maximum Gasteiger partial charge on any atom is 0.153 e. The Bertz CT molecular complexity index is 589. The van der Waals surface area contributed by atoms with Gasteiger partial charge in [0, 0.05) is 11.9 Å². The molecule has 0 fully saturated rings. The van der Waals surface area contributed by atoms with Crippen LogP contribution in [0.2, 0.25) is 0 Å². The van der Waals surface area contributed by atoms with E-state index in [0.29, 0.717) is 22.8 Å². The Balaban J connectivity index is 2.28. The van der Waals surface area contributed by atoms with Crippen molar-refractivity contribution in [2.24, 2.45) is 0 Å². The zero-order chi connectivity index (χ0) is 12.3. The highest BCUT2D eigenvalue weighted by Gasteiger charge is 2.03. The number of rotatable bonds is 2. The van der Waals surface area contributed by atoms with Crippen LogP contribution in [0.1, 0.15) is 5.56 Å². The van der Waals surface area contributed by atoms with Gasteiger partial charge in [-0.25, -0.2) is 9.37 Å². The van der Waals surface area contributed by atoms with E-state index in [1.165, 1.54) is 24.4 Å². The van der Waals surface area contributed by atoms with Crippen molar-refractivity contribution in [3.05, 3.63) is 47.9 Å². The summed E-state index contributed by atoms with van der Waals surface area (Å²) in [5.41, 5.74) is 6.99. The lowest BCUT2D eigenvalue weighted by molar-refractivity contribution is 0.628. The molecule has 0 atom stereocenters. The first kappa shape index (κ1) is 10.9. The van der Waals surface area contributed by atoms with Crippen LogP contribution in [0.15, 0.2) is 36.5 Å². The van der Waals surface area contributed by atoms with Gasteiger partial charge in [0.15, 0.2) is 5.82 Å². The molecule has 0 aliphatic rings. The molecule has 0 saturated carbocycles. The maximum absolute atomic E-state index is 13.0. The second-order valence-corrected chi connectivity index (χ2v) is 3.41. The minimum absolute atomic E-state index is 0.341. The first-order chi connectivity index (χ1) is 8.19. The van der Waals surface area contributed by atoms with E-state index in [0.717, 1.165) is 0 Å². The SMILES string of the molecule is N#Cc1cnc(Nc2cccc(F)c2)c(N)c1. The van der Waals surface area contributed by atoms with Crippen LogP contribution < -0.4 is 11.1 Å². The van der Waals surface area contributed by atoms with E-state index >= 15 is 0 Å². The molecule has 1 aromatic carbocycles. The fourth-order valence-electron chi connectivity index (χ4n) is 1.35. The third-order valence-corrected chi connectivity index (χ3v) is 2.13. The predicted octanol–water partition coefficient (Wildman–Crippen LogP) is 2.42. The number of nitriles is 1. The number of nitrogens with one attached hydrogen (secondary N) is 1. The van der Waals surface area contributed by atoms with E-state index < -0.39 is 0 Å². The molecule has 0 spiro atoms. The topological polar surface area (TPSA) is 74.7 Å². The first-order valence-corrected chi connectivity index (χ1v) is 4.87. The predicted molar refractivity (Wildman–Crippen MR) is 63.0 cm³/mol. The van der Waals surface area contributed by atoms with Crippen LogP contribution in [0.25, 0.3) is 0 Å². The molecule has 0 unspecified atom stereocenters. The Morgan fingerprint density at radius 3 is 2.82 bits per heavy atom. The fraction of sp³-hybridized carbons (Fsp3) is 0. The molecule has 0 radical (unpaired) electrons. The highest BCUT2D eigenvalue weighted by atomic mass is 19.1. The monoisotopic (exact) mass is 228 g/mol. The van der Waals surface area contributed by atoms with E-state index in [1.807, 2.05) is 6.07 Å². The largest absolute Gasteiger partial charge is 0.396 e. The number of nitrogens with zero attached hydrogens (tertiary/aromatic N) is 2. The quantitative estimate of drug-likeness (QED) is 0.827. The molecule has 5 heteroatoms. The molecule has 2 aromatic rings. The van der Waals surface area contributed by atoms with Gasteiger partial charge >= 0.3 is 0 Å². The van der Waals surface area contributed by atoms with Crippen LogP contribution in [-0.2, 0) is 0 Å². The Hall–Kier alpha value is -2.61. The molecule has 84 valence electrons. The maximum atomic E-state index is 13.0. The smallest absolute Gasteiger partial charge is 0.153 e. The molecule has 0 aliphatic carbocycles. The average Bonchev–Trinajstić information content (AvgIpc) is 2.32. The van der Waals surface area contributed by atoms with E-state index in [-0.39, 0.29) is 5.82 Å². The highest BCUT2D eigenvalue weighted by Crippen LogP contribution is 2.21. The van der Waals surface area contributed by atoms with Crippen LogP contribution in [0.3, 0.4) is 0 Å². The third kappa shape index (κ3) is 2.49. The lowest BCUT2D eigenvalue weighted by atomic mass is 10.2. The second kappa shape index (κ2) is 4.49. The molecule has 3 N–H and O–H groups in total. The number of benzene rings is 1. The molecular formula is C12H9FN4. The van der Waals surface area contributed by atoms with Crippen LogP contribution in [0.5, 0.6) is 0 Å². The molecule has 17 heavy (non-hydrogen) atoms. The van der Waals surface area contributed by atoms with Crippen molar-refractivity contribution >= 4 is 17.2 Å². The molecule has 0 aliphatic heterocycles. The molecule has 0 saturated heterocycles. The summed E-state index contributed by atoms with van der Waals surface area (Å²) >= 11 is 0. The number of hydrogen-bond acceptors (Lipinski definition) is 4. The number of hydrogen-bond donors (Lipinski definition) is 2. The summed E-state index contributed by atoms with van der Waals surface area (Å²) in [6.45, 7) is 0. The first-order valence-electron chi connectivity index (χ1n) is 4.87. The Morgan fingerprint density at radius 1 is 1.35 bits per heavy atom. The van der Waals surface area contributed by atoms with Crippen LogP contribution in [0.4, 0.5) is 21.6 Å². The molecule has 0 amide bonds. The van der Waals surface area contributed by atoms with Gasteiger partial charge in [0.1, 0.15) is 11.9 Å². The van der Waals surface area contributed by atoms with Crippen molar-refractivity contribution in [2.45, 2.75) is 0 Å². The molecule has 1 aromatic heterocycles. The normalized spacial score (nSPS) is 9.65. The van der Waals surface area contributed by atoms with Gasteiger partial charge in [-0.15, -0.1) is 0 Å². The van der Waals surface area contributed by atoms with Gasteiger partial charge in [0.25, 0.3) is 0 Å². The lowest BCUT2D eigenvalue weighted by Gasteiger charge is -2.08. The van der Waals surface area contributed by atoms with Crippen molar-refractivity contribution < 1.29 is 4.39 Å². The summed E-state index contributed by atoms with van der Waals surface area (Å²) in [5.74, 6) is 0.0526. The summed E-state index contributed by atoms with van der Waals surface area (Å²) in [4.78, 5) is 3.99. The number of pyridine rings is 1.